The molecule has 0 bridgehead atoms. The molecule has 24 heavy (non-hydrogen) atoms. The van der Waals surface area contributed by atoms with Gasteiger partial charge in [0.05, 0.1) is 11.1 Å². The molecular formula is C19H18N2O3. The minimum absolute atomic E-state index is 0.235. The van der Waals surface area contributed by atoms with Crippen LogP contribution < -0.4 is 5.32 Å². The number of hydrogen-bond donors (Lipinski definition) is 1. The molecule has 2 aromatic carbocycles. The van der Waals surface area contributed by atoms with Crippen molar-refractivity contribution in [1.82, 2.24) is 10.2 Å². The van der Waals surface area contributed by atoms with Crippen LogP contribution in [0.25, 0.3) is 0 Å². The van der Waals surface area contributed by atoms with E-state index in [9.17, 15) is 14.4 Å². The molecule has 1 aliphatic rings. The normalized spacial score (nSPS) is 13.1. The van der Waals surface area contributed by atoms with Gasteiger partial charge in [0.25, 0.3) is 17.7 Å². The number of carbonyl (C=O) groups excluding carboxylic acids is 3. The van der Waals surface area contributed by atoms with Crippen LogP contribution in [0.5, 0.6) is 0 Å². The van der Waals surface area contributed by atoms with E-state index in [1.54, 1.807) is 6.07 Å². The predicted molar refractivity (Wildman–Crippen MR) is 90.0 cm³/mol. The first-order chi connectivity index (χ1) is 11.6. The van der Waals surface area contributed by atoms with Gasteiger partial charge >= 0.3 is 0 Å². The lowest BCUT2D eigenvalue weighted by Gasteiger charge is -2.06. The average molecular weight is 322 g/mol. The summed E-state index contributed by atoms with van der Waals surface area (Å²) in [6, 6.07) is 14.7. The van der Waals surface area contributed by atoms with E-state index in [0.29, 0.717) is 23.2 Å². The number of benzene rings is 2. The number of amides is 3. The van der Waals surface area contributed by atoms with Gasteiger partial charge in [0.1, 0.15) is 0 Å². The summed E-state index contributed by atoms with van der Waals surface area (Å²) in [5.41, 5.74) is 2.27. The zero-order valence-corrected chi connectivity index (χ0v) is 13.4. The van der Waals surface area contributed by atoms with Crippen LogP contribution in [0.15, 0.2) is 48.5 Å². The summed E-state index contributed by atoms with van der Waals surface area (Å²) in [6.07, 6.45) is 1.73. The lowest BCUT2D eigenvalue weighted by atomic mass is 10.1. The monoisotopic (exact) mass is 322 g/mol. The molecule has 0 aromatic heterocycles. The molecule has 1 heterocycles. The highest BCUT2D eigenvalue weighted by Gasteiger charge is 2.33. The number of rotatable bonds is 5. The van der Waals surface area contributed by atoms with Gasteiger partial charge in [-0.25, -0.2) is 0 Å². The highest BCUT2D eigenvalue weighted by molar-refractivity contribution is 6.21. The Morgan fingerprint density at radius 3 is 2.46 bits per heavy atom. The van der Waals surface area contributed by atoms with Crippen LogP contribution in [-0.4, -0.2) is 36.2 Å². The molecular weight excluding hydrogens is 304 g/mol. The number of fused-ring (bicyclic) bond motifs is 1. The van der Waals surface area contributed by atoms with Crippen LogP contribution >= 0.6 is 0 Å². The maximum atomic E-state index is 12.2. The van der Waals surface area contributed by atoms with E-state index in [-0.39, 0.29) is 17.7 Å². The van der Waals surface area contributed by atoms with Crippen LogP contribution in [-0.2, 0) is 6.42 Å². The quantitative estimate of drug-likeness (QED) is 0.678. The Labute approximate surface area is 140 Å². The Bertz CT molecular complexity index is 800. The third kappa shape index (κ3) is 3.06. The second kappa shape index (κ2) is 6.66. The fourth-order valence-electron chi connectivity index (χ4n) is 2.74. The first kappa shape index (κ1) is 15.9. The van der Waals surface area contributed by atoms with Crippen molar-refractivity contribution in [3.05, 3.63) is 70.8 Å². The summed E-state index contributed by atoms with van der Waals surface area (Å²) in [5, 5.41) is 2.85. The predicted octanol–water partition coefficient (Wildman–Crippen LogP) is 2.28. The number of nitrogens with zero attached hydrogens (tertiary/aromatic N) is 1. The van der Waals surface area contributed by atoms with Gasteiger partial charge in [0, 0.05) is 19.2 Å². The molecule has 5 nitrogen and oxygen atoms in total. The smallest absolute Gasteiger partial charge is 0.261 e. The Balaban J connectivity index is 1.58. The Morgan fingerprint density at radius 1 is 1.00 bits per heavy atom. The third-order valence-corrected chi connectivity index (χ3v) is 4.12. The maximum Gasteiger partial charge on any atom is 0.261 e. The van der Waals surface area contributed by atoms with Gasteiger partial charge in [-0.2, -0.15) is 0 Å². The minimum Gasteiger partial charge on any atom is -0.352 e. The molecule has 0 atom stereocenters. The van der Waals surface area contributed by atoms with E-state index in [1.165, 1.54) is 24.7 Å². The number of nitrogens with one attached hydrogen (secondary N) is 1. The fraction of sp³-hybridized carbons (Fsp3) is 0.211. The van der Waals surface area contributed by atoms with Crippen molar-refractivity contribution in [2.45, 2.75) is 12.8 Å². The SMILES string of the molecule is CN1C(=O)c2ccc(C(=O)NCCCc3ccccc3)cc2C1=O. The van der Waals surface area contributed by atoms with Crippen molar-refractivity contribution < 1.29 is 14.4 Å². The first-order valence-electron chi connectivity index (χ1n) is 7.86. The molecule has 122 valence electrons. The summed E-state index contributed by atoms with van der Waals surface area (Å²) in [6.45, 7) is 0.553. The Kier molecular flexibility index (Phi) is 4.42. The molecule has 3 amide bonds. The third-order valence-electron chi connectivity index (χ3n) is 4.12. The zero-order chi connectivity index (χ0) is 17.1. The molecule has 0 radical (unpaired) electrons. The second-order valence-electron chi connectivity index (χ2n) is 5.77. The van der Waals surface area contributed by atoms with Crippen molar-refractivity contribution >= 4 is 17.7 Å². The van der Waals surface area contributed by atoms with Gasteiger partial charge in [0.2, 0.25) is 0 Å². The second-order valence-corrected chi connectivity index (χ2v) is 5.77. The lowest BCUT2D eigenvalue weighted by Crippen LogP contribution is -2.25. The van der Waals surface area contributed by atoms with Gasteiger partial charge in [0.15, 0.2) is 0 Å². The molecule has 1 N–H and O–H groups in total. The van der Waals surface area contributed by atoms with Crippen molar-refractivity contribution in [1.29, 1.82) is 0 Å². The molecule has 0 spiro atoms. The molecule has 0 aliphatic carbocycles. The fourth-order valence-corrected chi connectivity index (χ4v) is 2.74. The zero-order valence-electron chi connectivity index (χ0n) is 13.4. The highest BCUT2D eigenvalue weighted by atomic mass is 16.2. The van der Waals surface area contributed by atoms with Gasteiger partial charge in [-0.3, -0.25) is 19.3 Å². The molecule has 1 aliphatic heterocycles. The molecule has 5 heteroatoms. The van der Waals surface area contributed by atoms with E-state index in [2.05, 4.69) is 17.4 Å². The van der Waals surface area contributed by atoms with E-state index in [1.807, 2.05) is 18.2 Å². The lowest BCUT2D eigenvalue weighted by molar-refractivity contribution is 0.0693. The van der Waals surface area contributed by atoms with Gasteiger partial charge in [-0.05, 0) is 36.6 Å². The molecule has 0 unspecified atom stereocenters. The topological polar surface area (TPSA) is 66.5 Å². The highest BCUT2D eigenvalue weighted by Crippen LogP contribution is 2.22. The molecule has 0 saturated heterocycles. The Morgan fingerprint density at radius 2 is 1.71 bits per heavy atom. The van der Waals surface area contributed by atoms with E-state index >= 15 is 0 Å². The van der Waals surface area contributed by atoms with Crippen molar-refractivity contribution in [3.8, 4) is 0 Å². The number of hydrogen-bond acceptors (Lipinski definition) is 3. The van der Waals surface area contributed by atoms with E-state index < -0.39 is 0 Å². The van der Waals surface area contributed by atoms with Crippen LogP contribution in [0.4, 0.5) is 0 Å². The van der Waals surface area contributed by atoms with Crippen molar-refractivity contribution in [3.63, 3.8) is 0 Å². The van der Waals surface area contributed by atoms with Crippen molar-refractivity contribution in [2.75, 3.05) is 13.6 Å². The van der Waals surface area contributed by atoms with Gasteiger partial charge in [-0.1, -0.05) is 30.3 Å². The first-order valence-corrected chi connectivity index (χ1v) is 7.86. The maximum absolute atomic E-state index is 12.2. The molecule has 0 fully saturated rings. The number of carbonyl (C=O) groups is 3. The number of aryl methyl sites for hydroxylation is 1. The molecule has 2 aromatic rings. The standard InChI is InChI=1S/C19H18N2O3/c1-21-18(23)15-10-9-14(12-16(15)19(21)24)17(22)20-11-5-8-13-6-3-2-4-7-13/h2-4,6-7,9-10,12H,5,8,11H2,1H3,(H,20,22). The largest absolute Gasteiger partial charge is 0.352 e. The van der Waals surface area contributed by atoms with Crippen LogP contribution in [0.2, 0.25) is 0 Å². The molecule has 0 saturated carbocycles. The van der Waals surface area contributed by atoms with Crippen LogP contribution in [0.3, 0.4) is 0 Å². The van der Waals surface area contributed by atoms with E-state index in [4.69, 9.17) is 0 Å². The Hall–Kier alpha value is -2.95. The average Bonchev–Trinajstić information content (AvgIpc) is 2.83. The number of imide groups is 1. The summed E-state index contributed by atoms with van der Waals surface area (Å²) in [7, 11) is 1.44. The molecule has 3 rings (SSSR count). The summed E-state index contributed by atoms with van der Waals surface area (Å²) in [4.78, 5) is 37.1. The van der Waals surface area contributed by atoms with Gasteiger partial charge < -0.3 is 5.32 Å². The minimum atomic E-state index is -0.367. The summed E-state index contributed by atoms with van der Waals surface area (Å²) < 4.78 is 0. The van der Waals surface area contributed by atoms with Gasteiger partial charge in [-0.15, -0.1) is 0 Å². The van der Waals surface area contributed by atoms with Crippen molar-refractivity contribution in [2.24, 2.45) is 0 Å². The summed E-state index contributed by atoms with van der Waals surface area (Å²) >= 11 is 0. The van der Waals surface area contributed by atoms with E-state index in [0.717, 1.165) is 17.7 Å². The summed E-state index contributed by atoms with van der Waals surface area (Å²) in [5.74, 6) is -0.931. The van der Waals surface area contributed by atoms with Crippen LogP contribution in [0.1, 0.15) is 43.1 Å². The van der Waals surface area contributed by atoms with Crippen LogP contribution in [0, 0.1) is 0 Å².